The first-order valence-electron chi connectivity index (χ1n) is 8.04. The summed E-state index contributed by atoms with van der Waals surface area (Å²) in [5, 5.41) is 1.14. The second-order valence-electron chi connectivity index (χ2n) is 5.53. The van der Waals surface area contributed by atoms with E-state index in [-0.39, 0.29) is 12.4 Å². The van der Waals surface area contributed by atoms with Crippen molar-refractivity contribution in [1.82, 2.24) is 4.98 Å². The number of ether oxygens (including phenoxy) is 1. The van der Waals surface area contributed by atoms with E-state index in [1.54, 1.807) is 24.3 Å². The highest BCUT2D eigenvalue weighted by molar-refractivity contribution is 7.22. The standard InChI is InChI=1S/C19H14ClNO3S2/c1-2-23-17(22)10-12-18(14-7-8-16(20)26-14)24-19(21-12)15-9-11-5-3-4-6-13(11)25-15/h3-9H,2,10H2,1H3. The zero-order valence-corrected chi connectivity index (χ0v) is 16.2. The molecule has 0 atom stereocenters. The summed E-state index contributed by atoms with van der Waals surface area (Å²) in [4.78, 5) is 18.3. The zero-order chi connectivity index (χ0) is 18.1. The van der Waals surface area contributed by atoms with Crippen molar-refractivity contribution in [2.24, 2.45) is 0 Å². The molecule has 26 heavy (non-hydrogen) atoms. The van der Waals surface area contributed by atoms with Gasteiger partial charge in [-0.05, 0) is 36.6 Å². The Morgan fingerprint density at radius 1 is 1.19 bits per heavy atom. The quantitative estimate of drug-likeness (QED) is 0.381. The number of esters is 1. The van der Waals surface area contributed by atoms with E-state index in [0.29, 0.717) is 28.3 Å². The Labute approximate surface area is 163 Å². The Bertz CT molecular complexity index is 1050. The molecule has 0 fully saturated rings. The fraction of sp³-hybridized carbons (Fsp3) is 0.158. The molecule has 0 N–H and O–H groups in total. The van der Waals surface area contributed by atoms with Crippen LogP contribution in [-0.2, 0) is 16.0 Å². The van der Waals surface area contributed by atoms with E-state index >= 15 is 0 Å². The lowest BCUT2D eigenvalue weighted by Crippen LogP contribution is -2.08. The molecule has 3 aromatic heterocycles. The maximum Gasteiger partial charge on any atom is 0.312 e. The molecule has 132 valence electrons. The van der Waals surface area contributed by atoms with Crippen molar-refractivity contribution >= 4 is 50.3 Å². The van der Waals surface area contributed by atoms with Crippen molar-refractivity contribution in [1.29, 1.82) is 0 Å². The highest BCUT2D eigenvalue weighted by Gasteiger charge is 2.21. The van der Waals surface area contributed by atoms with Crippen molar-refractivity contribution < 1.29 is 13.9 Å². The summed E-state index contributed by atoms with van der Waals surface area (Å²) in [7, 11) is 0. The van der Waals surface area contributed by atoms with Crippen LogP contribution in [0.3, 0.4) is 0 Å². The number of hydrogen-bond acceptors (Lipinski definition) is 6. The summed E-state index contributed by atoms with van der Waals surface area (Å²) >= 11 is 9.06. The Balaban J connectivity index is 1.78. The monoisotopic (exact) mass is 403 g/mol. The summed E-state index contributed by atoms with van der Waals surface area (Å²) in [6.07, 6.45) is 0.0626. The molecule has 0 aliphatic carbocycles. The summed E-state index contributed by atoms with van der Waals surface area (Å²) in [6.45, 7) is 2.11. The van der Waals surface area contributed by atoms with Gasteiger partial charge in [-0.3, -0.25) is 4.79 Å². The lowest BCUT2D eigenvalue weighted by Gasteiger charge is -2.00. The van der Waals surface area contributed by atoms with Crippen LogP contribution in [0.1, 0.15) is 12.6 Å². The van der Waals surface area contributed by atoms with Gasteiger partial charge in [-0.1, -0.05) is 29.8 Å². The van der Waals surface area contributed by atoms with Crippen LogP contribution >= 0.6 is 34.3 Å². The van der Waals surface area contributed by atoms with Crippen LogP contribution in [0.15, 0.2) is 46.9 Å². The van der Waals surface area contributed by atoms with Gasteiger partial charge in [0.25, 0.3) is 0 Å². The zero-order valence-electron chi connectivity index (χ0n) is 13.8. The van der Waals surface area contributed by atoms with Gasteiger partial charge in [0, 0.05) is 4.70 Å². The highest BCUT2D eigenvalue weighted by Crippen LogP contribution is 2.39. The number of aromatic nitrogens is 1. The van der Waals surface area contributed by atoms with Crippen LogP contribution in [-0.4, -0.2) is 17.6 Å². The number of benzene rings is 1. The topological polar surface area (TPSA) is 52.3 Å². The molecule has 0 saturated carbocycles. The molecule has 3 heterocycles. The van der Waals surface area contributed by atoms with Crippen LogP contribution in [0, 0.1) is 0 Å². The smallest absolute Gasteiger partial charge is 0.312 e. The maximum atomic E-state index is 12.0. The van der Waals surface area contributed by atoms with Gasteiger partial charge in [0.05, 0.1) is 32.8 Å². The van der Waals surface area contributed by atoms with Gasteiger partial charge in [0.15, 0.2) is 5.76 Å². The molecule has 0 saturated heterocycles. The van der Waals surface area contributed by atoms with E-state index in [4.69, 9.17) is 20.8 Å². The Morgan fingerprint density at radius 2 is 2.04 bits per heavy atom. The molecule has 0 aliphatic rings. The van der Waals surface area contributed by atoms with Crippen LogP contribution in [0.4, 0.5) is 0 Å². The predicted octanol–water partition coefficient (Wildman–Crippen LogP) is 6.04. The maximum absolute atomic E-state index is 12.0. The number of carbonyl (C=O) groups is 1. The molecule has 4 nitrogen and oxygen atoms in total. The molecule has 0 unspecified atom stereocenters. The number of halogens is 1. The molecule has 4 rings (SSSR count). The molecular formula is C19H14ClNO3S2. The molecule has 0 bridgehead atoms. The fourth-order valence-electron chi connectivity index (χ4n) is 2.64. The van der Waals surface area contributed by atoms with Crippen molar-refractivity contribution in [3.05, 3.63) is 52.5 Å². The van der Waals surface area contributed by atoms with Crippen LogP contribution < -0.4 is 0 Å². The highest BCUT2D eigenvalue weighted by atomic mass is 35.5. The summed E-state index contributed by atoms with van der Waals surface area (Å²) in [5.41, 5.74) is 0.564. The number of rotatable bonds is 5. The van der Waals surface area contributed by atoms with Gasteiger partial charge in [-0.25, -0.2) is 4.98 Å². The van der Waals surface area contributed by atoms with Gasteiger partial charge in [-0.15, -0.1) is 22.7 Å². The van der Waals surface area contributed by atoms with Crippen LogP contribution in [0.25, 0.3) is 31.5 Å². The molecule has 4 aromatic rings. The summed E-state index contributed by atoms with van der Waals surface area (Å²) < 4.78 is 12.9. The Hall–Kier alpha value is -2.15. The first-order chi connectivity index (χ1) is 12.6. The normalized spacial score (nSPS) is 11.2. The number of hydrogen-bond donors (Lipinski definition) is 0. The van der Waals surface area contributed by atoms with E-state index < -0.39 is 0 Å². The number of carbonyl (C=O) groups excluding carboxylic acids is 1. The minimum atomic E-state index is -0.326. The molecule has 0 spiro atoms. The van der Waals surface area contributed by atoms with E-state index in [1.807, 2.05) is 24.3 Å². The molecule has 1 aromatic carbocycles. The lowest BCUT2D eigenvalue weighted by molar-refractivity contribution is -0.142. The molecular weight excluding hydrogens is 390 g/mol. The van der Waals surface area contributed by atoms with Crippen molar-refractivity contribution in [3.63, 3.8) is 0 Å². The van der Waals surface area contributed by atoms with Gasteiger partial charge < -0.3 is 9.15 Å². The van der Waals surface area contributed by atoms with E-state index in [0.717, 1.165) is 19.8 Å². The average molecular weight is 404 g/mol. The van der Waals surface area contributed by atoms with E-state index in [9.17, 15) is 4.79 Å². The van der Waals surface area contributed by atoms with Gasteiger partial charge in [0.1, 0.15) is 0 Å². The second kappa shape index (κ2) is 7.23. The van der Waals surface area contributed by atoms with Gasteiger partial charge in [-0.2, -0.15) is 0 Å². The third-order valence-corrected chi connectivity index (χ3v) is 6.08. The molecule has 0 aliphatic heterocycles. The second-order valence-corrected chi connectivity index (χ2v) is 8.33. The third-order valence-electron chi connectivity index (χ3n) is 3.75. The minimum Gasteiger partial charge on any atom is -0.466 e. The van der Waals surface area contributed by atoms with Gasteiger partial charge >= 0.3 is 5.97 Å². The molecule has 0 amide bonds. The number of fused-ring (bicyclic) bond motifs is 1. The van der Waals surface area contributed by atoms with Crippen LogP contribution in [0.5, 0.6) is 0 Å². The number of thiophene rings is 2. The predicted molar refractivity (Wildman–Crippen MR) is 106 cm³/mol. The van der Waals surface area contributed by atoms with Crippen molar-refractivity contribution in [3.8, 4) is 21.4 Å². The lowest BCUT2D eigenvalue weighted by atomic mass is 10.2. The first kappa shape index (κ1) is 17.3. The van der Waals surface area contributed by atoms with E-state index in [2.05, 4.69) is 17.1 Å². The van der Waals surface area contributed by atoms with Gasteiger partial charge in [0.2, 0.25) is 5.89 Å². The summed E-state index contributed by atoms with van der Waals surface area (Å²) in [5.74, 6) is 0.750. The molecule has 7 heteroatoms. The molecule has 0 radical (unpaired) electrons. The fourth-order valence-corrected chi connectivity index (χ4v) is 4.68. The largest absolute Gasteiger partial charge is 0.466 e. The first-order valence-corrected chi connectivity index (χ1v) is 10.0. The number of nitrogens with zero attached hydrogens (tertiary/aromatic N) is 1. The van der Waals surface area contributed by atoms with Crippen molar-refractivity contribution in [2.75, 3.05) is 6.61 Å². The van der Waals surface area contributed by atoms with Crippen molar-refractivity contribution in [2.45, 2.75) is 13.3 Å². The Kier molecular flexibility index (Phi) is 4.80. The summed E-state index contributed by atoms with van der Waals surface area (Å²) in [6, 6.07) is 13.8. The Morgan fingerprint density at radius 3 is 2.77 bits per heavy atom. The minimum absolute atomic E-state index is 0.0626. The third kappa shape index (κ3) is 3.40. The van der Waals surface area contributed by atoms with E-state index in [1.165, 1.54) is 11.3 Å². The number of oxazole rings is 1. The average Bonchev–Trinajstić information content (AvgIpc) is 3.32. The van der Waals surface area contributed by atoms with Crippen LogP contribution in [0.2, 0.25) is 4.34 Å². The SMILES string of the molecule is CCOC(=O)Cc1nc(-c2cc3ccccc3s2)oc1-c1ccc(Cl)s1.